The molecule has 0 amide bonds. The van der Waals surface area contributed by atoms with Crippen LogP contribution >= 0.6 is 0 Å². The Morgan fingerprint density at radius 3 is 2.62 bits per heavy atom. The van der Waals surface area contributed by atoms with Gasteiger partial charge in [-0.25, -0.2) is 0 Å². The van der Waals surface area contributed by atoms with E-state index in [1.807, 2.05) is 42.5 Å². The van der Waals surface area contributed by atoms with E-state index in [1.54, 1.807) is 12.4 Å². The first-order chi connectivity index (χ1) is 6.45. The zero-order valence-corrected chi connectivity index (χ0v) is 7.05. The van der Waals surface area contributed by atoms with E-state index >= 15 is 0 Å². The second kappa shape index (κ2) is 3.67. The van der Waals surface area contributed by atoms with Crippen LogP contribution in [0.5, 0.6) is 5.75 Å². The summed E-state index contributed by atoms with van der Waals surface area (Å²) in [4.78, 5) is 5.44. The van der Waals surface area contributed by atoms with Crippen molar-refractivity contribution in [1.82, 2.24) is 10.6 Å². The molecule has 2 rings (SSSR count). The van der Waals surface area contributed by atoms with E-state index in [9.17, 15) is 0 Å². The molecule has 66 valence electrons. The highest BCUT2D eigenvalue weighted by Gasteiger charge is 1.99. The highest BCUT2D eigenvalue weighted by Crippen LogP contribution is 2.10. The zero-order chi connectivity index (χ0) is 8.93. The first-order valence-electron chi connectivity index (χ1n) is 4.07. The molecule has 0 fully saturated rings. The van der Waals surface area contributed by atoms with Crippen molar-refractivity contribution in [1.29, 1.82) is 0 Å². The van der Waals surface area contributed by atoms with Gasteiger partial charge in [0.1, 0.15) is 0 Å². The fourth-order valence-corrected chi connectivity index (χ4v) is 0.995. The minimum Gasteiger partial charge on any atom is -0.360 e. The predicted octanol–water partition coefficient (Wildman–Crippen LogP) is 1.83. The molecule has 13 heavy (non-hydrogen) atoms. The second-order valence-corrected chi connectivity index (χ2v) is 2.56. The van der Waals surface area contributed by atoms with Crippen molar-refractivity contribution >= 4 is 0 Å². The van der Waals surface area contributed by atoms with Gasteiger partial charge < -0.3 is 4.84 Å². The molecule has 0 aromatic heterocycles. The van der Waals surface area contributed by atoms with E-state index in [4.69, 9.17) is 4.84 Å². The maximum absolute atomic E-state index is 5.44. The number of benzene rings is 1. The summed E-state index contributed by atoms with van der Waals surface area (Å²) in [6.07, 6.45) is 7.38. The number of hydrogen-bond donors (Lipinski definition) is 1. The lowest BCUT2D eigenvalue weighted by molar-refractivity contribution is -0.0432. The molecule has 0 atom stereocenters. The second-order valence-electron chi connectivity index (χ2n) is 2.56. The largest absolute Gasteiger partial charge is 0.360 e. The summed E-state index contributed by atoms with van der Waals surface area (Å²) in [5, 5.41) is 1.54. The number of hydrogen-bond acceptors (Lipinski definition) is 3. The lowest BCUT2D eigenvalue weighted by atomic mass is 10.3. The van der Waals surface area contributed by atoms with Crippen LogP contribution in [-0.4, -0.2) is 5.17 Å². The Morgan fingerprint density at radius 1 is 1.08 bits per heavy atom. The fourth-order valence-electron chi connectivity index (χ4n) is 0.995. The van der Waals surface area contributed by atoms with Crippen LogP contribution < -0.4 is 10.3 Å². The zero-order valence-electron chi connectivity index (χ0n) is 7.05. The molecule has 1 N–H and O–H groups in total. The maximum Gasteiger partial charge on any atom is 0.157 e. The van der Waals surface area contributed by atoms with Crippen molar-refractivity contribution in [3.8, 4) is 5.75 Å². The Kier molecular flexibility index (Phi) is 2.18. The Bertz CT molecular complexity index is 319. The molecule has 1 aliphatic rings. The van der Waals surface area contributed by atoms with Gasteiger partial charge >= 0.3 is 0 Å². The van der Waals surface area contributed by atoms with E-state index in [0.29, 0.717) is 0 Å². The Hall–Kier alpha value is -1.90. The van der Waals surface area contributed by atoms with Crippen molar-refractivity contribution in [2.24, 2.45) is 0 Å². The lowest BCUT2D eigenvalue weighted by Gasteiger charge is -2.21. The monoisotopic (exact) mass is 174 g/mol. The average Bonchev–Trinajstić information content (AvgIpc) is 2.21. The minimum absolute atomic E-state index is 0.801. The van der Waals surface area contributed by atoms with E-state index in [0.717, 1.165) is 5.75 Å². The van der Waals surface area contributed by atoms with Gasteiger partial charge in [-0.1, -0.05) is 18.2 Å². The molecule has 0 saturated carbocycles. The Morgan fingerprint density at radius 2 is 1.92 bits per heavy atom. The van der Waals surface area contributed by atoms with Gasteiger partial charge in [0.05, 0.1) is 6.20 Å². The van der Waals surface area contributed by atoms with Gasteiger partial charge in [0.2, 0.25) is 0 Å². The number of allylic oxidation sites excluding steroid dienone is 2. The molecule has 0 unspecified atom stereocenters. The van der Waals surface area contributed by atoms with Crippen LogP contribution in [-0.2, 0) is 0 Å². The normalized spacial score (nSPS) is 14.0. The molecule has 0 bridgehead atoms. The molecule has 3 nitrogen and oxygen atoms in total. The predicted molar refractivity (Wildman–Crippen MR) is 50.3 cm³/mol. The average molecular weight is 174 g/mol. The first kappa shape index (κ1) is 7.73. The van der Waals surface area contributed by atoms with Gasteiger partial charge in [0, 0.05) is 6.20 Å². The summed E-state index contributed by atoms with van der Waals surface area (Å²) in [7, 11) is 0. The van der Waals surface area contributed by atoms with Gasteiger partial charge in [-0.2, -0.15) is 0 Å². The van der Waals surface area contributed by atoms with Crippen molar-refractivity contribution < 1.29 is 4.84 Å². The maximum atomic E-state index is 5.44. The van der Waals surface area contributed by atoms with Crippen LogP contribution in [0.25, 0.3) is 0 Å². The third-order valence-corrected chi connectivity index (χ3v) is 1.58. The van der Waals surface area contributed by atoms with Crippen molar-refractivity contribution in [3.05, 3.63) is 54.9 Å². The van der Waals surface area contributed by atoms with Gasteiger partial charge in [-0.15, -0.1) is 5.17 Å². The number of para-hydroxylation sites is 1. The van der Waals surface area contributed by atoms with E-state index < -0.39 is 0 Å². The van der Waals surface area contributed by atoms with Crippen LogP contribution in [0.1, 0.15) is 0 Å². The molecule has 0 spiro atoms. The topological polar surface area (TPSA) is 24.5 Å². The van der Waals surface area contributed by atoms with Crippen LogP contribution in [0, 0.1) is 0 Å². The Labute approximate surface area is 76.9 Å². The van der Waals surface area contributed by atoms with Crippen molar-refractivity contribution in [2.45, 2.75) is 0 Å². The van der Waals surface area contributed by atoms with Gasteiger partial charge in [0.15, 0.2) is 5.75 Å². The van der Waals surface area contributed by atoms with Crippen LogP contribution in [0.2, 0.25) is 0 Å². The summed E-state index contributed by atoms with van der Waals surface area (Å²) in [5.41, 5.74) is 2.91. The number of nitrogens with zero attached hydrogens (tertiary/aromatic N) is 1. The third-order valence-electron chi connectivity index (χ3n) is 1.58. The summed E-state index contributed by atoms with van der Waals surface area (Å²) < 4.78 is 0. The molecule has 0 aliphatic carbocycles. The van der Waals surface area contributed by atoms with E-state index in [-0.39, 0.29) is 0 Å². The highest BCUT2D eigenvalue weighted by atomic mass is 16.7. The molecular weight excluding hydrogens is 164 g/mol. The minimum atomic E-state index is 0.801. The summed E-state index contributed by atoms with van der Waals surface area (Å²) in [6.45, 7) is 0. The summed E-state index contributed by atoms with van der Waals surface area (Å²) in [5.74, 6) is 0.801. The fraction of sp³-hybridized carbons (Fsp3) is 0. The number of hydrazine groups is 1. The molecule has 1 aromatic carbocycles. The van der Waals surface area contributed by atoms with Gasteiger partial charge in [-0.05, 0) is 24.3 Å². The Balaban J connectivity index is 1.99. The van der Waals surface area contributed by atoms with Gasteiger partial charge in [0.25, 0.3) is 0 Å². The quantitative estimate of drug-likeness (QED) is 0.740. The SMILES string of the molecule is C1=CNN(Oc2ccccc2)C=C1. The molecule has 1 heterocycles. The van der Waals surface area contributed by atoms with Crippen LogP contribution in [0.4, 0.5) is 0 Å². The highest BCUT2D eigenvalue weighted by molar-refractivity contribution is 5.21. The van der Waals surface area contributed by atoms with E-state index in [2.05, 4.69) is 5.43 Å². The number of nitrogens with one attached hydrogen (secondary N) is 1. The van der Waals surface area contributed by atoms with E-state index in [1.165, 1.54) is 5.17 Å². The third kappa shape index (κ3) is 2.02. The number of rotatable bonds is 2. The molecule has 1 aromatic rings. The van der Waals surface area contributed by atoms with Crippen LogP contribution in [0.15, 0.2) is 54.9 Å². The van der Waals surface area contributed by atoms with Crippen LogP contribution in [0.3, 0.4) is 0 Å². The molecule has 3 heteroatoms. The summed E-state index contributed by atoms with van der Waals surface area (Å²) in [6, 6.07) is 9.60. The smallest absolute Gasteiger partial charge is 0.157 e. The van der Waals surface area contributed by atoms with Crippen molar-refractivity contribution in [2.75, 3.05) is 0 Å². The molecule has 0 radical (unpaired) electrons. The lowest BCUT2D eigenvalue weighted by Crippen LogP contribution is -2.33. The standard InChI is InChI=1S/C10H10N2O/c1-2-6-10(7-3-1)13-12-9-5-4-8-11-12/h1-9,11H. The molecule has 1 aliphatic heterocycles. The van der Waals surface area contributed by atoms with Crippen molar-refractivity contribution in [3.63, 3.8) is 0 Å². The summed E-state index contributed by atoms with van der Waals surface area (Å²) >= 11 is 0. The molecule has 0 saturated heterocycles. The number of hydroxylamine groups is 1. The first-order valence-corrected chi connectivity index (χ1v) is 4.07. The molecular formula is C10H10N2O. The van der Waals surface area contributed by atoms with Gasteiger partial charge in [-0.3, -0.25) is 5.43 Å².